The van der Waals surface area contributed by atoms with Crippen molar-refractivity contribution in [3.63, 3.8) is 0 Å². The number of rotatable bonds is 10. The first kappa shape index (κ1) is 37.3. The minimum absolute atomic E-state index is 0.221. The molecule has 1 unspecified atom stereocenters. The van der Waals surface area contributed by atoms with Gasteiger partial charge in [-0.15, -0.1) is 0 Å². The third-order valence-electron chi connectivity index (χ3n) is 12.1. The summed E-state index contributed by atoms with van der Waals surface area (Å²) in [4.78, 5) is 41.8. The van der Waals surface area contributed by atoms with Crippen LogP contribution in [0.4, 0.5) is 17.1 Å². The summed E-state index contributed by atoms with van der Waals surface area (Å²) in [5, 5.41) is 20.7. The second-order valence-corrected chi connectivity index (χ2v) is 16.1. The van der Waals surface area contributed by atoms with E-state index in [0.717, 1.165) is 91.6 Å². The first-order valence-corrected chi connectivity index (χ1v) is 20.9. The van der Waals surface area contributed by atoms with E-state index in [0.29, 0.717) is 22.6 Å². The summed E-state index contributed by atoms with van der Waals surface area (Å²) < 4.78 is 0. The van der Waals surface area contributed by atoms with Crippen LogP contribution in [-0.4, -0.2) is 31.9 Å². The minimum atomic E-state index is -1.23. The molecule has 60 heavy (non-hydrogen) atoms. The van der Waals surface area contributed by atoms with Crippen molar-refractivity contribution in [1.82, 2.24) is 15.0 Å². The van der Waals surface area contributed by atoms with Crippen molar-refractivity contribution in [2.75, 3.05) is 16.0 Å². The summed E-state index contributed by atoms with van der Waals surface area (Å²) in [5.74, 6) is -0.835. The maximum Gasteiger partial charge on any atom is 0.255 e. The summed E-state index contributed by atoms with van der Waals surface area (Å²) >= 11 is 0. The van der Waals surface area contributed by atoms with Gasteiger partial charge < -0.3 is 21.1 Å². The number of nitrogens with zero attached hydrogens (tertiary/aromatic N) is 3. The molecular weight excluding hydrogens is 745 g/mol. The number of hydrogen-bond donors (Lipinski definition) is 4. The smallest absolute Gasteiger partial charge is 0.255 e. The summed E-state index contributed by atoms with van der Waals surface area (Å²) in [6, 6.07) is 34.1. The van der Waals surface area contributed by atoms with Crippen LogP contribution in [0.5, 0.6) is 0 Å². The van der Waals surface area contributed by atoms with Crippen molar-refractivity contribution in [2.24, 2.45) is 0 Å². The lowest BCUT2D eigenvalue weighted by Gasteiger charge is -2.18. The van der Waals surface area contributed by atoms with E-state index in [4.69, 9.17) is 0 Å². The number of aliphatic hydroxyl groups excluding tert-OH is 1. The summed E-state index contributed by atoms with van der Waals surface area (Å²) in [5.41, 5.74) is 16.3. The molecule has 4 aromatic carbocycles. The van der Waals surface area contributed by atoms with Crippen molar-refractivity contribution < 1.29 is 14.7 Å². The Labute approximate surface area is 349 Å². The van der Waals surface area contributed by atoms with Gasteiger partial charge in [-0.1, -0.05) is 36.4 Å². The van der Waals surface area contributed by atoms with Crippen LogP contribution in [0.1, 0.15) is 85.2 Å². The highest BCUT2D eigenvalue weighted by molar-refractivity contribution is 6.09. The number of aliphatic hydroxyl groups is 1. The van der Waals surface area contributed by atoms with Crippen LogP contribution in [0, 0.1) is 0 Å². The van der Waals surface area contributed by atoms with Crippen LogP contribution in [0.25, 0.3) is 33.8 Å². The van der Waals surface area contributed by atoms with Gasteiger partial charge in [0.05, 0.1) is 17.1 Å². The second kappa shape index (κ2) is 16.0. The van der Waals surface area contributed by atoms with Crippen molar-refractivity contribution in [3.05, 3.63) is 178 Å². The Balaban J connectivity index is 0.886. The molecule has 4 N–H and O–H groups in total. The van der Waals surface area contributed by atoms with E-state index in [-0.39, 0.29) is 11.1 Å². The first-order chi connectivity index (χ1) is 29.4. The van der Waals surface area contributed by atoms with Crippen LogP contribution < -0.4 is 16.0 Å². The predicted octanol–water partition coefficient (Wildman–Crippen LogP) is 9.95. The predicted molar refractivity (Wildman–Crippen MR) is 236 cm³/mol. The lowest BCUT2D eigenvalue weighted by molar-refractivity contribution is 0.102. The Morgan fingerprint density at radius 1 is 0.450 bits per heavy atom. The normalized spacial score (nSPS) is 14.2. The van der Waals surface area contributed by atoms with E-state index in [9.17, 15) is 14.7 Å². The largest absolute Gasteiger partial charge is 0.369 e. The van der Waals surface area contributed by atoms with E-state index in [1.54, 1.807) is 18.2 Å². The summed E-state index contributed by atoms with van der Waals surface area (Å²) in [6.07, 6.45) is 14.6. The molecule has 3 aromatic heterocycles. The molecule has 0 bridgehead atoms. The zero-order valence-electron chi connectivity index (χ0n) is 33.2. The molecule has 1 atom stereocenters. The van der Waals surface area contributed by atoms with Gasteiger partial charge in [0.2, 0.25) is 0 Å². The molecule has 0 aliphatic heterocycles. The molecule has 0 fully saturated rings. The van der Waals surface area contributed by atoms with Crippen LogP contribution in [0.3, 0.4) is 0 Å². The molecule has 3 aliphatic carbocycles. The highest BCUT2D eigenvalue weighted by Gasteiger charge is 2.20. The van der Waals surface area contributed by atoms with Gasteiger partial charge in [0.1, 0.15) is 0 Å². The fourth-order valence-electron chi connectivity index (χ4n) is 8.74. The first-order valence-electron chi connectivity index (χ1n) is 20.9. The minimum Gasteiger partial charge on any atom is -0.369 e. The molecule has 7 aromatic rings. The molecular formula is C51H44N6O3. The second-order valence-electron chi connectivity index (χ2n) is 16.1. The van der Waals surface area contributed by atoms with E-state index < -0.39 is 18.0 Å². The molecule has 2 amide bonds. The number of carbonyl (C=O) groups excluding carboxylic acids is 2. The zero-order valence-corrected chi connectivity index (χ0v) is 33.2. The number of anilines is 3. The van der Waals surface area contributed by atoms with Crippen molar-refractivity contribution in [1.29, 1.82) is 0 Å². The van der Waals surface area contributed by atoms with Crippen LogP contribution >= 0.6 is 0 Å². The molecule has 0 saturated heterocycles. The zero-order chi connectivity index (χ0) is 40.6. The number of pyridine rings is 3. The van der Waals surface area contributed by atoms with Crippen LogP contribution in [0.2, 0.25) is 0 Å². The average molecular weight is 789 g/mol. The number of aryl methyl sites for hydroxylation is 6. The molecule has 9 nitrogen and oxygen atoms in total. The molecule has 9 heteroatoms. The number of amides is 2. The number of fused-ring (bicyclic) bond motifs is 3. The van der Waals surface area contributed by atoms with Gasteiger partial charge in [-0.3, -0.25) is 24.5 Å². The number of hydrogen-bond acceptors (Lipinski definition) is 7. The van der Waals surface area contributed by atoms with Crippen molar-refractivity contribution in [3.8, 4) is 33.8 Å². The highest BCUT2D eigenvalue weighted by atomic mass is 16.3. The quantitative estimate of drug-likeness (QED) is 0.102. The van der Waals surface area contributed by atoms with E-state index in [2.05, 4.69) is 49.1 Å². The Hall–Kier alpha value is -6.97. The van der Waals surface area contributed by atoms with Gasteiger partial charge in [0.15, 0.2) is 6.23 Å². The number of carbonyl (C=O) groups is 2. The molecule has 10 rings (SSSR count). The summed E-state index contributed by atoms with van der Waals surface area (Å²) in [6.45, 7) is 0. The molecule has 3 heterocycles. The molecule has 0 radical (unpaired) electrons. The topological polar surface area (TPSA) is 129 Å². The third kappa shape index (κ3) is 7.79. The maximum absolute atomic E-state index is 13.9. The third-order valence-corrected chi connectivity index (χ3v) is 12.1. The number of nitrogens with one attached hydrogen (secondary N) is 3. The number of aromatic nitrogens is 3. The SMILES string of the molecule is O=C(Nc1ccc(-c2cc3c(cn2)CCC3)cc1)c1cc(C(=O)Nc2ccc(-c3cc4c(cn3)CCC4)cc2)cc(C(O)Nc2ccc(-c3cc4c(cn3)CCC4)cc2)c1. The van der Waals surface area contributed by atoms with Crippen LogP contribution in [-0.2, 0) is 38.5 Å². The van der Waals surface area contributed by atoms with Gasteiger partial charge in [-0.2, -0.15) is 0 Å². The average Bonchev–Trinajstić information content (AvgIpc) is 4.08. The van der Waals surface area contributed by atoms with Crippen molar-refractivity contribution >= 4 is 28.9 Å². The standard InChI is InChI=1S/C51H44N6O3/c58-49(55-43-16-10-31(11-17-43)46-25-34-4-1-7-37(34)28-52-46)40-22-41(50(59)56-44-18-12-32(13-19-44)47-26-35-5-2-8-38(35)29-53-47)24-42(23-40)51(60)57-45-20-14-33(15-21-45)48-27-36-6-3-9-39(36)30-54-48/h10-30,49,55,58H,1-9H2,(H,56,59)(H,57,60). The molecule has 0 spiro atoms. The summed E-state index contributed by atoms with van der Waals surface area (Å²) in [7, 11) is 0. The Morgan fingerprint density at radius 3 is 1.18 bits per heavy atom. The van der Waals surface area contributed by atoms with E-state index in [1.807, 2.05) is 91.4 Å². The van der Waals surface area contributed by atoms with Gasteiger partial charge in [-0.05, 0) is 164 Å². The van der Waals surface area contributed by atoms with Crippen LogP contribution in [0.15, 0.2) is 128 Å². The van der Waals surface area contributed by atoms with Gasteiger partial charge >= 0.3 is 0 Å². The fraction of sp³-hybridized carbons (Fsp3) is 0.196. The molecule has 296 valence electrons. The Kier molecular flexibility index (Phi) is 9.95. The monoisotopic (exact) mass is 788 g/mol. The lowest BCUT2D eigenvalue weighted by atomic mass is 10.0. The Morgan fingerprint density at radius 2 is 0.800 bits per heavy atom. The lowest BCUT2D eigenvalue weighted by Crippen LogP contribution is -2.18. The van der Waals surface area contributed by atoms with Gasteiger partial charge in [-0.25, -0.2) is 0 Å². The fourth-order valence-corrected chi connectivity index (χ4v) is 8.74. The van der Waals surface area contributed by atoms with Gasteiger partial charge in [0.25, 0.3) is 11.8 Å². The molecule has 3 aliphatic rings. The van der Waals surface area contributed by atoms with Crippen molar-refractivity contribution in [2.45, 2.75) is 64.0 Å². The maximum atomic E-state index is 13.9. The Bertz CT molecular complexity index is 2630. The molecule has 0 saturated carbocycles. The van der Waals surface area contributed by atoms with Gasteiger partial charge in [0, 0.05) is 69.0 Å². The van der Waals surface area contributed by atoms with E-state index >= 15 is 0 Å². The number of benzene rings is 4. The van der Waals surface area contributed by atoms with E-state index in [1.165, 1.54) is 33.4 Å². The highest BCUT2D eigenvalue weighted by Crippen LogP contribution is 2.31.